The predicted octanol–water partition coefficient (Wildman–Crippen LogP) is 2.68. The topological polar surface area (TPSA) is 67.9 Å². The Morgan fingerprint density at radius 2 is 2.00 bits per heavy atom. The second-order valence-electron chi connectivity index (χ2n) is 7.10. The van der Waals surface area contributed by atoms with Gasteiger partial charge in [0.15, 0.2) is 0 Å². The van der Waals surface area contributed by atoms with Crippen LogP contribution in [0, 0.1) is 11.3 Å². The number of nitrogens with zero attached hydrogens (tertiary/aromatic N) is 1. The molecule has 1 aromatic carbocycles. The van der Waals surface area contributed by atoms with Gasteiger partial charge in [0.1, 0.15) is 16.9 Å². The van der Waals surface area contributed by atoms with E-state index in [9.17, 15) is 9.59 Å². The quantitative estimate of drug-likeness (QED) is 0.833. The molecule has 2 amide bonds. The Balaban J connectivity index is 1.73. The zero-order valence-corrected chi connectivity index (χ0v) is 15.1. The molecule has 1 N–H and O–H groups in total. The number of piperidine rings is 1. The molecule has 1 saturated heterocycles. The summed E-state index contributed by atoms with van der Waals surface area (Å²) >= 11 is 0. The second kappa shape index (κ2) is 6.94. The van der Waals surface area contributed by atoms with Crippen LogP contribution in [0.5, 0.6) is 11.5 Å². The summed E-state index contributed by atoms with van der Waals surface area (Å²) in [5, 5.41) is 2.88. The molecule has 0 aromatic heterocycles. The highest BCUT2D eigenvalue weighted by molar-refractivity contribution is 6.13. The summed E-state index contributed by atoms with van der Waals surface area (Å²) in [6, 6.07) is 5.20. The molecule has 1 atom stereocenters. The number of amides is 2. The van der Waals surface area contributed by atoms with Gasteiger partial charge in [-0.05, 0) is 43.7 Å². The van der Waals surface area contributed by atoms with Crippen LogP contribution in [0.4, 0.5) is 5.69 Å². The van der Waals surface area contributed by atoms with Crippen molar-refractivity contribution in [1.29, 1.82) is 0 Å². The lowest BCUT2D eigenvalue weighted by atomic mass is 9.96. The van der Waals surface area contributed by atoms with E-state index in [0.29, 0.717) is 35.9 Å². The Morgan fingerprint density at radius 1 is 1.24 bits per heavy atom. The first-order valence-corrected chi connectivity index (χ1v) is 8.83. The van der Waals surface area contributed by atoms with Crippen LogP contribution < -0.4 is 14.8 Å². The number of hydrogen-bond acceptors (Lipinski definition) is 4. The van der Waals surface area contributed by atoms with Crippen LogP contribution in [0.2, 0.25) is 0 Å². The average Bonchev–Trinajstić information content (AvgIpc) is 3.43. The molecular formula is C19H26N2O4. The summed E-state index contributed by atoms with van der Waals surface area (Å²) in [7, 11) is 3.11. The molecule has 3 rings (SSSR count). The zero-order chi connectivity index (χ0) is 18.0. The number of benzene rings is 1. The van der Waals surface area contributed by atoms with Crippen molar-refractivity contribution >= 4 is 17.5 Å². The van der Waals surface area contributed by atoms with Crippen LogP contribution in [0.1, 0.15) is 32.6 Å². The number of likely N-dealkylation sites (tertiary alicyclic amines) is 1. The van der Waals surface area contributed by atoms with E-state index in [1.54, 1.807) is 25.3 Å². The first-order valence-electron chi connectivity index (χ1n) is 8.83. The number of hydrogen-bond donors (Lipinski definition) is 1. The van der Waals surface area contributed by atoms with Crippen LogP contribution in [0.25, 0.3) is 0 Å². The monoisotopic (exact) mass is 346 g/mol. The number of anilines is 1. The van der Waals surface area contributed by atoms with E-state index in [0.717, 1.165) is 25.9 Å². The third kappa shape index (κ3) is 3.43. The van der Waals surface area contributed by atoms with Gasteiger partial charge in [0.25, 0.3) is 0 Å². The molecule has 136 valence electrons. The Bertz CT molecular complexity index is 669. The SMILES string of the molecule is COc1ccc(NC(=O)C2(C(=O)N3CCCC(C)C3)CC2)c(OC)c1. The lowest BCUT2D eigenvalue weighted by Gasteiger charge is -2.33. The molecule has 2 fully saturated rings. The molecule has 25 heavy (non-hydrogen) atoms. The van der Waals surface area contributed by atoms with Crippen LogP contribution in [0.15, 0.2) is 18.2 Å². The van der Waals surface area contributed by atoms with E-state index >= 15 is 0 Å². The van der Waals surface area contributed by atoms with Gasteiger partial charge in [-0.25, -0.2) is 0 Å². The highest BCUT2D eigenvalue weighted by Crippen LogP contribution is 2.49. The Kier molecular flexibility index (Phi) is 4.88. The highest BCUT2D eigenvalue weighted by atomic mass is 16.5. The Hall–Kier alpha value is -2.24. The molecule has 2 aliphatic rings. The molecule has 1 unspecified atom stereocenters. The second-order valence-corrected chi connectivity index (χ2v) is 7.10. The van der Waals surface area contributed by atoms with Gasteiger partial charge in [0, 0.05) is 19.2 Å². The van der Waals surface area contributed by atoms with Crippen LogP contribution in [0.3, 0.4) is 0 Å². The molecule has 0 radical (unpaired) electrons. The van der Waals surface area contributed by atoms with Gasteiger partial charge in [-0.15, -0.1) is 0 Å². The molecule has 1 aliphatic heterocycles. The summed E-state index contributed by atoms with van der Waals surface area (Å²) in [6.45, 7) is 3.66. The maximum Gasteiger partial charge on any atom is 0.240 e. The fourth-order valence-corrected chi connectivity index (χ4v) is 3.48. The van der Waals surface area contributed by atoms with Gasteiger partial charge in [-0.2, -0.15) is 0 Å². The van der Waals surface area contributed by atoms with Gasteiger partial charge >= 0.3 is 0 Å². The standard InChI is InChI=1S/C19H26N2O4/c1-13-5-4-10-21(12-13)18(23)19(8-9-19)17(22)20-15-7-6-14(24-2)11-16(15)25-3/h6-7,11,13H,4-5,8-10,12H2,1-3H3,(H,20,22). The molecule has 0 bridgehead atoms. The van der Waals surface area contributed by atoms with Crippen molar-refractivity contribution in [2.45, 2.75) is 32.6 Å². The smallest absolute Gasteiger partial charge is 0.240 e. The largest absolute Gasteiger partial charge is 0.497 e. The van der Waals surface area contributed by atoms with E-state index in [2.05, 4.69) is 12.2 Å². The van der Waals surface area contributed by atoms with Crippen molar-refractivity contribution in [3.63, 3.8) is 0 Å². The molecule has 0 spiro atoms. The molecule has 1 saturated carbocycles. The van der Waals surface area contributed by atoms with E-state index in [1.807, 2.05) is 4.90 Å². The number of ether oxygens (including phenoxy) is 2. The van der Waals surface area contributed by atoms with Gasteiger partial charge in [-0.1, -0.05) is 6.92 Å². The van der Waals surface area contributed by atoms with Crippen molar-refractivity contribution in [2.24, 2.45) is 11.3 Å². The minimum atomic E-state index is -0.901. The maximum atomic E-state index is 12.9. The molecule has 6 nitrogen and oxygen atoms in total. The molecule has 6 heteroatoms. The van der Waals surface area contributed by atoms with Crippen molar-refractivity contribution in [2.75, 3.05) is 32.6 Å². The first-order chi connectivity index (χ1) is 12.0. The third-order valence-corrected chi connectivity index (χ3v) is 5.20. The van der Waals surface area contributed by atoms with E-state index < -0.39 is 5.41 Å². The van der Waals surface area contributed by atoms with Crippen molar-refractivity contribution in [1.82, 2.24) is 4.90 Å². The Morgan fingerprint density at radius 3 is 2.60 bits per heavy atom. The summed E-state index contributed by atoms with van der Waals surface area (Å²) in [5.41, 5.74) is -0.346. The first kappa shape index (κ1) is 17.6. The number of methoxy groups -OCH3 is 2. The molecule has 1 aromatic rings. The number of carbonyl (C=O) groups is 2. The van der Waals surface area contributed by atoms with Crippen molar-refractivity contribution in [3.8, 4) is 11.5 Å². The van der Waals surface area contributed by atoms with E-state index in [-0.39, 0.29) is 11.8 Å². The third-order valence-electron chi connectivity index (χ3n) is 5.20. The Labute approximate surface area is 148 Å². The molecule has 1 heterocycles. The average molecular weight is 346 g/mol. The number of rotatable bonds is 5. The maximum absolute atomic E-state index is 12.9. The van der Waals surface area contributed by atoms with E-state index in [4.69, 9.17) is 9.47 Å². The molecular weight excluding hydrogens is 320 g/mol. The fourth-order valence-electron chi connectivity index (χ4n) is 3.48. The summed E-state index contributed by atoms with van der Waals surface area (Å²) < 4.78 is 10.5. The van der Waals surface area contributed by atoms with Crippen LogP contribution >= 0.6 is 0 Å². The minimum absolute atomic E-state index is 0.0240. The van der Waals surface area contributed by atoms with E-state index in [1.165, 1.54) is 7.11 Å². The number of nitrogens with one attached hydrogen (secondary N) is 1. The van der Waals surface area contributed by atoms with Crippen LogP contribution in [-0.2, 0) is 9.59 Å². The lowest BCUT2D eigenvalue weighted by Crippen LogP contribution is -2.46. The predicted molar refractivity (Wildman–Crippen MR) is 94.8 cm³/mol. The van der Waals surface area contributed by atoms with Crippen LogP contribution in [-0.4, -0.2) is 44.0 Å². The van der Waals surface area contributed by atoms with Gasteiger partial charge in [0.2, 0.25) is 11.8 Å². The zero-order valence-electron chi connectivity index (χ0n) is 15.1. The minimum Gasteiger partial charge on any atom is -0.497 e. The van der Waals surface area contributed by atoms with Crippen molar-refractivity contribution < 1.29 is 19.1 Å². The van der Waals surface area contributed by atoms with Crippen molar-refractivity contribution in [3.05, 3.63) is 18.2 Å². The lowest BCUT2D eigenvalue weighted by molar-refractivity contribution is -0.143. The van der Waals surface area contributed by atoms with Gasteiger partial charge in [-0.3, -0.25) is 9.59 Å². The summed E-state index contributed by atoms with van der Waals surface area (Å²) in [4.78, 5) is 27.6. The number of carbonyl (C=O) groups excluding carboxylic acids is 2. The fraction of sp³-hybridized carbons (Fsp3) is 0.579. The summed E-state index contributed by atoms with van der Waals surface area (Å²) in [5.74, 6) is 1.40. The van der Waals surface area contributed by atoms with Gasteiger partial charge in [0.05, 0.1) is 19.9 Å². The summed E-state index contributed by atoms with van der Waals surface area (Å²) in [6.07, 6.45) is 3.38. The van der Waals surface area contributed by atoms with Gasteiger partial charge < -0.3 is 19.7 Å². The molecule has 1 aliphatic carbocycles. The normalized spacial score (nSPS) is 21.4. The highest BCUT2D eigenvalue weighted by Gasteiger charge is 2.58.